The van der Waals surface area contributed by atoms with Crippen LogP contribution in [0.1, 0.15) is 26.7 Å². The molecular formula is C20H25FN6O7S. The molecule has 3 heterocycles. The van der Waals surface area contributed by atoms with Gasteiger partial charge in [-0.3, -0.25) is 10.1 Å². The van der Waals surface area contributed by atoms with Gasteiger partial charge in [-0.05, 0) is 50.1 Å². The second-order valence-electron chi connectivity index (χ2n) is 8.54. The van der Waals surface area contributed by atoms with Crippen LogP contribution in [-0.2, 0) is 24.6 Å². The number of piperidine rings is 1. The SMILES string of the molecule is CC(C)N1OOC(C2CCN(c3ncnc(Nc4ccc(S(C)(=O)=O)c(F)c4)c3[N+](=O)[O-])CC2)O1. The molecule has 190 valence electrons. The van der Waals surface area contributed by atoms with Gasteiger partial charge in [0.05, 0.1) is 11.0 Å². The molecule has 1 aromatic carbocycles. The van der Waals surface area contributed by atoms with Crippen LogP contribution in [-0.4, -0.2) is 60.2 Å². The Labute approximate surface area is 200 Å². The first-order valence-electron chi connectivity index (χ1n) is 10.8. The molecule has 1 atom stereocenters. The van der Waals surface area contributed by atoms with Gasteiger partial charge < -0.3 is 10.2 Å². The van der Waals surface area contributed by atoms with Crippen molar-refractivity contribution in [2.75, 3.05) is 29.6 Å². The highest BCUT2D eigenvalue weighted by molar-refractivity contribution is 7.90. The normalized spacial score (nSPS) is 19.9. The molecule has 0 bridgehead atoms. The summed E-state index contributed by atoms with van der Waals surface area (Å²) in [5.74, 6) is -0.984. The van der Waals surface area contributed by atoms with E-state index in [1.165, 1.54) is 17.6 Å². The number of sulfone groups is 1. The summed E-state index contributed by atoms with van der Waals surface area (Å²) in [6, 6.07) is 3.31. The van der Waals surface area contributed by atoms with Gasteiger partial charge in [0.1, 0.15) is 17.0 Å². The Bertz CT molecular complexity index is 1210. The van der Waals surface area contributed by atoms with Crippen LogP contribution in [0, 0.1) is 21.8 Å². The minimum Gasteiger partial charge on any atom is -0.351 e. The van der Waals surface area contributed by atoms with E-state index in [0.717, 1.165) is 18.4 Å². The molecule has 2 fully saturated rings. The summed E-state index contributed by atoms with van der Waals surface area (Å²) >= 11 is 0. The average molecular weight is 513 g/mol. The van der Waals surface area contributed by atoms with Gasteiger partial charge in [0.2, 0.25) is 17.9 Å². The molecule has 2 aliphatic heterocycles. The molecule has 2 saturated heterocycles. The first-order chi connectivity index (χ1) is 16.5. The van der Waals surface area contributed by atoms with E-state index in [1.54, 1.807) is 4.90 Å². The number of nitrogens with one attached hydrogen (secondary N) is 1. The first-order valence-corrected chi connectivity index (χ1v) is 12.7. The Balaban J connectivity index is 1.51. The van der Waals surface area contributed by atoms with Crippen LogP contribution in [0.2, 0.25) is 0 Å². The number of hydroxylamine groups is 2. The third-order valence-corrected chi connectivity index (χ3v) is 6.77. The Morgan fingerprint density at radius 2 is 1.97 bits per heavy atom. The van der Waals surface area contributed by atoms with Crippen LogP contribution in [0.15, 0.2) is 29.4 Å². The Morgan fingerprint density at radius 1 is 1.26 bits per heavy atom. The third kappa shape index (κ3) is 5.48. The molecule has 0 spiro atoms. The monoisotopic (exact) mass is 512 g/mol. The Kier molecular flexibility index (Phi) is 7.14. The van der Waals surface area contributed by atoms with Crippen molar-refractivity contribution in [2.24, 2.45) is 5.92 Å². The molecule has 0 amide bonds. The van der Waals surface area contributed by atoms with E-state index in [2.05, 4.69) is 15.3 Å². The summed E-state index contributed by atoms with van der Waals surface area (Å²) in [6.45, 7) is 4.68. The lowest BCUT2D eigenvalue weighted by molar-refractivity contribution is -0.424. The smallest absolute Gasteiger partial charge is 0.351 e. The number of nitrogens with zero attached hydrogens (tertiary/aromatic N) is 5. The predicted octanol–water partition coefficient (Wildman–Crippen LogP) is 2.73. The van der Waals surface area contributed by atoms with Crippen molar-refractivity contribution in [1.29, 1.82) is 0 Å². The Morgan fingerprint density at radius 3 is 2.54 bits per heavy atom. The minimum atomic E-state index is -3.76. The van der Waals surface area contributed by atoms with E-state index in [-0.39, 0.29) is 35.0 Å². The van der Waals surface area contributed by atoms with E-state index >= 15 is 0 Å². The van der Waals surface area contributed by atoms with Crippen LogP contribution in [0.25, 0.3) is 0 Å². The maximum absolute atomic E-state index is 14.3. The highest BCUT2D eigenvalue weighted by Crippen LogP contribution is 2.37. The largest absolute Gasteiger partial charge is 0.353 e. The lowest BCUT2D eigenvalue weighted by atomic mass is 9.96. The second kappa shape index (κ2) is 9.94. The molecule has 4 rings (SSSR count). The van der Waals surface area contributed by atoms with Crippen molar-refractivity contribution in [3.63, 3.8) is 0 Å². The van der Waals surface area contributed by atoms with Gasteiger partial charge >= 0.3 is 5.69 Å². The van der Waals surface area contributed by atoms with Crippen LogP contribution in [0.3, 0.4) is 0 Å². The van der Waals surface area contributed by atoms with Gasteiger partial charge in [-0.25, -0.2) is 27.6 Å². The summed E-state index contributed by atoms with van der Waals surface area (Å²) < 4.78 is 37.6. The molecule has 1 unspecified atom stereocenters. The van der Waals surface area contributed by atoms with Crippen molar-refractivity contribution in [3.05, 3.63) is 40.5 Å². The quantitative estimate of drug-likeness (QED) is 0.330. The van der Waals surface area contributed by atoms with Crippen LogP contribution in [0.4, 0.5) is 27.4 Å². The zero-order valence-electron chi connectivity index (χ0n) is 19.2. The highest BCUT2D eigenvalue weighted by Gasteiger charge is 2.38. The fourth-order valence-electron chi connectivity index (χ4n) is 3.85. The minimum absolute atomic E-state index is 0.0184. The van der Waals surface area contributed by atoms with E-state index in [4.69, 9.17) is 14.7 Å². The zero-order chi connectivity index (χ0) is 25.3. The number of benzene rings is 1. The third-order valence-electron chi connectivity index (χ3n) is 5.64. The van der Waals surface area contributed by atoms with Crippen LogP contribution < -0.4 is 10.2 Å². The molecule has 15 heteroatoms. The van der Waals surface area contributed by atoms with E-state index in [0.29, 0.717) is 25.9 Å². The van der Waals surface area contributed by atoms with Gasteiger partial charge in [0.25, 0.3) is 0 Å². The molecule has 2 aromatic rings. The zero-order valence-corrected chi connectivity index (χ0v) is 20.1. The van der Waals surface area contributed by atoms with Crippen molar-refractivity contribution in [2.45, 2.75) is 43.9 Å². The molecule has 0 radical (unpaired) electrons. The lowest BCUT2D eigenvalue weighted by Gasteiger charge is -2.33. The maximum Gasteiger partial charge on any atom is 0.353 e. The van der Waals surface area contributed by atoms with Crippen molar-refractivity contribution in [1.82, 2.24) is 15.2 Å². The second-order valence-corrected chi connectivity index (χ2v) is 10.5. The van der Waals surface area contributed by atoms with Gasteiger partial charge in [-0.1, -0.05) is 0 Å². The maximum atomic E-state index is 14.3. The molecule has 0 saturated carbocycles. The number of aromatic nitrogens is 2. The molecule has 35 heavy (non-hydrogen) atoms. The predicted molar refractivity (Wildman–Crippen MR) is 120 cm³/mol. The van der Waals surface area contributed by atoms with E-state index in [9.17, 15) is 22.9 Å². The number of hydrogen-bond acceptors (Lipinski definition) is 12. The standard InChI is InChI=1S/C20H25FN6O7S/c1-12(2)27-32-20(33-34-27)13-6-8-25(9-7-13)19-17(26(28)29)18(22-11-23-19)24-14-4-5-16(15(21)10-14)35(3,30)31/h4-5,10-13,20H,6-9H2,1-3H3,(H,22,23,24). The summed E-state index contributed by atoms with van der Waals surface area (Å²) in [7, 11) is -3.76. The number of halogens is 1. The van der Waals surface area contributed by atoms with E-state index in [1.807, 2.05) is 13.8 Å². The molecular weight excluding hydrogens is 487 g/mol. The number of anilines is 3. The van der Waals surface area contributed by atoms with Crippen molar-refractivity contribution < 1.29 is 32.4 Å². The summed E-state index contributed by atoms with van der Waals surface area (Å²) in [5.41, 5.74) is -0.271. The average Bonchev–Trinajstić information content (AvgIpc) is 3.29. The van der Waals surface area contributed by atoms with E-state index < -0.39 is 31.8 Å². The molecule has 1 aromatic heterocycles. The summed E-state index contributed by atoms with van der Waals surface area (Å²) in [5, 5.41) is 15.9. The molecule has 13 nitrogen and oxygen atoms in total. The number of hydrogen-bond donors (Lipinski definition) is 1. The van der Waals surface area contributed by atoms with Gasteiger partial charge in [0.15, 0.2) is 9.84 Å². The van der Waals surface area contributed by atoms with Gasteiger partial charge in [-0.2, -0.15) is 4.89 Å². The highest BCUT2D eigenvalue weighted by atomic mass is 32.2. The van der Waals surface area contributed by atoms with Crippen molar-refractivity contribution >= 4 is 32.8 Å². The van der Waals surface area contributed by atoms with Gasteiger partial charge in [-0.15, -0.1) is 4.99 Å². The Hall–Kier alpha value is -2.98. The van der Waals surface area contributed by atoms with Crippen LogP contribution >= 0.6 is 0 Å². The topological polar surface area (TPSA) is 149 Å². The molecule has 0 aliphatic carbocycles. The summed E-state index contributed by atoms with van der Waals surface area (Å²) in [6.07, 6.45) is 2.73. The number of nitro groups is 1. The molecule has 2 aliphatic rings. The van der Waals surface area contributed by atoms with Crippen molar-refractivity contribution in [3.8, 4) is 0 Å². The van der Waals surface area contributed by atoms with Crippen LogP contribution in [0.5, 0.6) is 0 Å². The van der Waals surface area contributed by atoms with Gasteiger partial charge in [0, 0.05) is 31.0 Å². The fourth-order valence-corrected chi connectivity index (χ4v) is 4.58. The number of rotatable bonds is 7. The summed E-state index contributed by atoms with van der Waals surface area (Å²) in [4.78, 5) is 36.7. The fraction of sp³-hybridized carbons (Fsp3) is 0.500. The first kappa shape index (κ1) is 25.1. The lowest BCUT2D eigenvalue weighted by Crippen LogP contribution is -2.39. The molecule has 1 N–H and O–H groups in total.